The number of ketones is 1. The van der Waals surface area contributed by atoms with E-state index in [0.717, 1.165) is 26.8 Å². The van der Waals surface area contributed by atoms with Crippen molar-refractivity contribution in [2.75, 3.05) is 5.73 Å². The Hall–Kier alpha value is -2.12. The van der Waals surface area contributed by atoms with Crippen LogP contribution in [0.3, 0.4) is 0 Å². The molecule has 0 bridgehead atoms. The number of thiophene rings is 1. The van der Waals surface area contributed by atoms with Crippen LogP contribution in [0.4, 0.5) is 5.69 Å². The van der Waals surface area contributed by atoms with Crippen LogP contribution in [0.15, 0.2) is 71.2 Å². The maximum atomic E-state index is 13.3. The minimum absolute atomic E-state index is 0. The standard InChI is InChI=1S/C26H23ClN2OS2.BrH/c1-16-4-6-19(7-5-16)15-31-26-23(29-13-17(2)12-18(3)14-29)22(28)25(32-26)24(30)20-8-10-21(27)11-9-20;/h4-14H,15H2,1-3H3,(H-,28,30);1H. The third-order valence-electron chi connectivity index (χ3n) is 5.09. The number of carbonyl (C=O) groups excluding carboxylic acids is 1. The molecule has 0 fully saturated rings. The summed E-state index contributed by atoms with van der Waals surface area (Å²) >= 11 is 9.17. The van der Waals surface area contributed by atoms with Crippen molar-refractivity contribution in [3.05, 3.63) is 105 Å². The van der Waals surface area contributed by atoms with Crippen LogP contribution in [0.1, 0.15) is 37.5 Å². The molecule has 0 saturated heterocycles. The lowest BCUT2D eigenvalue weighted by Crippen LogP contribution is -3.00. The molecule has 0 spiro atoms. The van der Waals surface area contributed by atoms with Gasteiger partial charge in [-0.1, -0.05) is 41.4 Å². The average molecular weight is 560 g/mol. The van der Waals surface area contributed by atoms with Crippen LogP contribution < -0.4 is 27.3 Å². The molecule has 2 N–H and O–H groups in total. The van der Waals surface area contributed by atoms with Crippen LogP contribution in [0, 0.1) is 20.8 Å². The van der Waals surface area contributed by atoms with E-state index in [4.69, 9.17) is 17.3 Å². The molecule has 3 nitrogen and oxygen atoms in total. The summed E-state index contributed by atoms with van der Waals surface area (Å²) < 4.78 is 3.07. The molecule has 2 aromatic heterocycles. The molecule has 0 aliphatic carbocycles. The van der Waals surface area contributed by atoms with Crippen molar-refractivity contribution in [2.24, 2.45) is 0 Å². The molecule has 7 heteroatoms. The molecule has 33 heavy (non-hydrogen) atoms. The summed E-state index contributed by atoms with van der Waals surface area (Å²) in [5, 5.41) is 0.599. The number of nitrogens with zero attached hydrogens (tertiary/aromatic N) is 1. The smallest absolute Gasteiger partial charge is 0.259 e. The van der Waals surface area contributed by atoms with Crippen LogP contribution in [0.2, 0.25) is 5.02 Å². The maximum Gasteiger partial charge on any atom is 0.259 e. The van der Waals surface area contributed by atoms with Gasteiger partial charge in [-0.2, -0.15) is 4.57 Å². The highest BCUT2D eigenvalue weighted by Gasteiger charge is 2.29. The predicted molar refractivity (Wildman–Crippen MR) is 135 cm³/mol. The van der Waals surface area contributed by atoms with Gasteiger partial charge in [0.1, 0.15) is 14.8 Å². The Labute approximate surface area is 218 Å². The summed E-state index contributed by atoms with van der Waals surface area (Å²) in [6, 6.07) is 17.6. The average Bonchev–Trinajstić information content (AvgIpc) is 3.09. The van der Waals surface area contributed by atoms with Crippen molar-refractivity contribution in [2.45, 2.75) is 30.7 Å². The number of anilines is 1. The highest BCUT2D eigenvalue weighted by Crippen LogP contribution is 2.41. The molecule has 0 aliphatic heterocycles. The molecular weight excluding hydrogens is 536 g/mol. The Bertz CT molecular complexity index is 1260. The van der Waals surface area contributed by atoms with Crippen LogP contribution in [-0.4, -0.2) is 5.78 Å². The molecule has 0 radical (unpaired) electrons. The molecule has 0 atom stereocenters. The van der Waals surface area contributed by atoms with Crippen LogP contribution >= 0.6 is 34.7 Å². The molecule has 0 aliphatic rings. The van der Waals surface area contributed by atoms with Gasteiger partial charge in [0.15, 0.2) is 12.4 Å². The lowest BCUT2D eigenvalue weighted by atomic mass is 10.1. The van der Waals surface area contributed by atoms with Gasteiger partial charge < -0.3 is 22.7 Å². The van der Waals surface area contributed by atoms with Crippen molar-refractivity contribution in [3.8, 4) is 5.69 Å². The summed E-state index contributed by atoms with van der Waals surface area (Å²) in [4.78, 5) is 13.8. The van der Waals surface area contributed by atoms with Crippen molar-refractivity contribution >= 4 is 46.2 Å². The van der Waals surface area contributed by atoms with Crippen molar-refractivity contribution < 1.29 is 26.3 Å². The molecule has 2 aromatic carbocycles. The van der Waals surface area contributed by atoms with Crippen molar-refractivity contribution in [1.29, 1.82) is 0 Å². The Balaban J connectivity index is 0.00000306. The highest BCUT2D eigenvalue weighted by atomic mass is 79.9. The minimum atomic E-state index is -0.0856. The third-order valence-corrected chi connectivity index (χ3v) is 7.87. The minimum Gasteiger partial charge on any atom is -1.00 e. The number of nitrogens with two attached hydrogens (primary N) is 1. The summed E-state index contributed by atoms with van der Waals surface area (Å²) in [6.07, 6.45) is 4.11. The number of hydrogen-bond acceptors (Lipinski definition) is 4. The molecule has 4 rings (SSSR count). The fourth-order valence-electron chi connectivity index (χ4n) is 3.53. The molecule has 0 saturated carbocycles. The molecule has 0 unspecified atom stereocenters. The first-order chi connectivity index (χ1) is 15.3. The van der Waals surface area contributed by atoms with Crippen LogP contribution in [0.5, 0.6) is 0 Å². The van der Waals surface area contributed by atoms with E-state index in [0.29, 0.717) is 21.2 Å². The normalized spacial score (nSPS) is 10.7. The van der Waals surface area contributed by atoms with Crippen LogP contribution in [0.25, 0.3) is 5.69 Å². The Morgan fingerprint density at radius 1 is 0.970 bits per heavy atom. The number of nitrogen functional groups attached to an aromatic ring is 1. The van der Waals surface area contributed by atoms with E-state index in [1.807, 2.05) is 4.57 Å². The molecule has 2 heterocycles. The number of aromatic nitrogens is 1. The molecule has 0 amide bonds. The number of thioether (sulfide) groups is 1. The van der Waals surface area contributed by atoms with Gasteiger partial charge in [0.2, 0.25) is 5.78 Å². The lowest BCUT2D eigenvalue weighted by Gasteiger charge is -2.04. The quantitative estimate of drug-likeness (QED) is 0.223. The highest BCUT2D eigenvalue weighted by molar-refractivity contribution is 8.00. The predicted octanol–water partition coefficient (Wildman–Crippen LogP) is 3.71. The molecular formula is C26H24BrClN2OS2. The summed E-state index contributed by atoms with van der Waals surface area (Å²) in [7, 11) is 0. The van der Waals surface area contributed by atoms with Gasteiger partial charge in [-0.05, 0) is 56.7 Å². The number of benzene rings is 2. The van der Waals surface area contributed by atoms with E-state index in [-0.39, 0.29) is 22.8 Å². The topological polar surface area (TPSA) is 47.0 Å². The number of halogens is 2. The van der Waals surface area contributed by atoms with E-state index >= 15 is 0 Å². The number of rotatable bonds is 6. The first-order valence-corrected chi connectivity index (χ1v) is 12.4. The number of hydrogen-bond donors (Lipinski definition) is 1. The number of aryl methyl sites for hydroxylation is 3. The van der Waals surface area contributed by atoms with Gasteiger partial charge in [-0.15, -0.1) is 23.1 Å². The summed E-state index contributed by atoms with van der Waals surface area (Å²) in [6.45, 7) is 6.20. The first-order valence-electron chi connectivity index (χ1n) is 10.2. The zero-order valence-corrected chi connectivity index (χ0v) is 22.5. The number of pyridine rings is 1. The van der Waals surface area contributed by atoms with E-state index in [2.05, 4.69) is 63.5 Å². The van der Waals surface area contributed by atoms with Gasteiger partial charge in [0.25, 0.3) is 5.69 Å². The molecule has 170 valence electrons. The Kier molecular flexibility index (Phi) is 8.40. The van der Waals surface area contributed by atoms with Gasteiger partial charge >= 0.3 is 0 Å². The second-order valence-electron chi connectivity index (χ2n) is 7.89. The molecule has 4 aromatic rings. The second kappa shape index (κ2) is 10.9. The monoisotopic (exact) mass is 558 g/mol. The third kappa shape index (κ3) is 5.87. The van der Waals surface area contributed by atoms with E-state index in [1.54, 1.807) is 36.0 Å². The summed E-state index contributed by atoms with van der Waals surface area (Å²) in [5.74, 6) is 0.713. The zero-order valence-electron chi connectivity index (χ0n) is 18.6. The fraction of sp³-hybridized carbons (Fsp3) is 0.154. The van der Waals surface area contributed by atoms with E-state index < -0.39 is 0 Å². The van der Waals surface area contributed by atoms with E-state index in [1.165, 1.54) is 22.5 Å². The van der Waals surface area contributed by atoms with Crippen LogP contribution in [-0.2, 0) is 5.75 Å². The zero-order chi connectivity index (χ0) is 22.8. The SMILES string of the molecule is Cc1ccc(CSc2sc(C(=O)c3ccc(Cl)cc3)c(N)c2-[n+]2cc(C)cc(C)c2)cc1.[Br-]. The van der Waals surface area contributed by atoms with Crippen molar-refractivity contribution in [1.82, 2.24) is 0 Å². The summed E-state index contributed by atoms with van der Waals surface area (Å²) in [5.41, 5.74) is 13.3. The van der Waals surface area contributed by atoms with Gasteiger partial charge in [0.05, 0.1) is 0 Å². The van der Waals surface area contributed by atoms with Crippen molar-refractivity contribution in [3.63, 3.8) is 0 Å². The lowest BCUT2D eigenvalue weighted by molar-refractivity contribution is -0.597. The fourth-order valence-corrected chi connectivity index (χ4v) is 6.07. The second-order valence-corrected chi connectivity index (χ2v) is 10.6. The van der Waals surface area contributed by atoms with Gasteiger partial charge in [-0.3, -0.25) is 4.79 Å². The first kappa shape index (κ1) is 25.5. The maximum absolute atomic E-state index is 13.3. The van der Waals surface area contributed by atoms with Gasteiger partial charge in [0, 0.05) is 27.5 Å². The number of carbonyl (C=O) groups is 1. The van der Waals surface area contributed by atoms with E-state index in [9.17, 15) is 4.79 Å². The Morgan fingerprint density at radius 3 is 2.18 bits per heavy atom. The Morgan fingerprint density at radius 2 is 1.58 bits per heavy atom. The van der Waals surface area contributed by atoms with Gasteiger partial charge in [-0.25, -0.2) is 0 Å². The largest absolute Gasteiger partial charge is 1.00 e.